The molecule has 1 radical (unpaired) electrons. The lowest BCUT2D eigenvalue weighted by atomic mass is 9.91. The molecule has 1 unspecified atom stereocenters. The third-order valence-corrected chi connectivity index (χ3v) is 2.85. The van der Waals surface area contributed by atoms with Gasteiger partial charge in [-0.05, 0) is 19.9 Å². The van der Waals surface area contributed by atoms with Crippen LogP contribution in [0.2, 0.25) is 0 Å². The molecule has 0 bridgehead atoms. The Hall–Kier alpha value is -1.84. The number of rotatable bonds is 1. The lowest BCUT2D eigenvalue weighted by molar-refractivity contribution is 0.350. The Morgan fingerprint density at radius 2 is 1.74 bits per heavy atom. The van der Waals surface area contributed by atoms with Crippen LogP contribution in [0.5, 0.6) is 0 Å². The smallest absolute Gasteiger partial charge is 0.180 e. The molecule has 99 valence electrons. The molecule has 19 heavy (non-hydrogen) atoms. The summed E-state index contributed by atoms with van der Waals surface area (Å²) in [5, 5.41) is 0. The molecule has 1 aromatic carbocycles. The second kappa shape index (κ2) is 5.03. The predicted molar refractivity (Wildman–Crippen MR) is 65.6 cm³/mol. The number of hydrogen-bond donors (Lipinski definition) is 0. The van der Waals surface area contributed by atoms with Crippen molar-refractivity contribution in [1.82, 2.24) is 0 Å². The lowest BCUT2D eigenvalue weighted by Gasteiger charge is -2.18. The van der Waals surface area contributed by atoms with Gasteiger partial charge in [-0.1, -0.05) is 23.8 Å². The maximum Gasteiger partial charge on any atom is 0.180 e. The Kier molecular flexibility index (Phi) is 3.60. The zero-order valence-corrected chi connectivity index (χ0v) is 10.4. The highest BCUT2D eigenvalue weighted by molar-refractivity contribution is 5.80. The van der Waals surface area contributed by atoms with E-state index in [2.05, 4.69) is 6.08 Å². The summed E-state index contributed by atoms with van der Waals surface area (Å²) in [7, 11) is 0. The van der Waals surface area contributed by atoms with Crippen LogP contribution in [0.4, 0.5) is 17.6 Å². The quantitative estimate of drug-likeness (QED) is 0.638. The van der Waals surface area contributed by atoms with Gasteiger partial charge < -0.3 is 0 Å². The molecule has 0 spiro atoms. The molecule has 2 rings (SSSR count). The molecule has 0 saturated heterocycles. The van der Waals surface area contributed by atoms with E-state index in [0.717, 1.165) is 6.07 Å². The SMILES string of the molecule is CC(C)=C1[C]=C(c2ccccc2F)C(F)=C(F)C1F. The van der Waals surface area contributed by atoms with Crippen LogP contribution in [0, 0.1) is 11.9 Å². The third kappa shape index (κ3) is 2.35. The molecule has 0 amide bonds. The van der Waals surface area contributed by atoms with Crippen LogP contribution in [-0.4, -0.2) is 6.17 Å². The van der Waals surface area contributed by atoms with E-state index in [1.54, 1.807) is 13.8 Å². The highest BCUT2D eigenvalue weighted by atomic mass is 19.2. The number of halogens is 4. The average Bonchev–Trinajstić information content (AvgIpc) is 2.37. The van der Waals surface area contributed by atoms with Crippen molar-refractivity contribution >= 4 is 5.57 Å². The zero-order chi connectivity index (χ0) is 14.2. The first-order valence-corrected chi connectivity index (χ1v) is 5.69. The van der Waals surface area contributed by atoms with E-state index in [-0.39, 0.29) is 16.7 Å². The van der Waals surface area contributed by atoms with Crippen molar-refractivity contribution in [3.63, 3.8) is 0 Å². The minimum absolute atomic E-state index is 0.0999. The normalized spacial score (nSPS) is 19.6. The summed E-state index contributed by atoms with van der Waals surface area (Å²) in [5.41, 5.74) is -0.164. The van der Waals surface area contributed by atoms with Gasteiger partial charge >= 0.3 is 0 Å². The van der Waals surface area contributed by atoms with Gasteiger partial charge in [-0.25, -0.2) is 17.6 Å². The van der Waals surface area contributed by atoms with Crippen LogP contribution >= 0.6 is 0 Å². The van der Waals surface area contributed by atoms with Crippen LogP contribution in [0.25, 0.3) is 5.57 Å². The molecular weight excluding hydrogens is 256 g/mol. The second-order valence-electron chi connectivity index (χ2n) is 4.42. The van der Waals surface area contributed by atoms with Gasteiger partial charge in [0.05, 0.1) is 0 Å². The summed E-state index contributed by atoms with van der Waals surface area (Å²) >= 11 is 0. The standard InChI is InChI=1S/C15H11F4/c1-8(2)10-7-11(14(18)15(19)13(10)17)9-5-3-4-6-12(9)16/h3-6,13H,1-2H3. The van der Waals surface area contributed by atoms with E-state index in [1.807, 2.05) is 0 Å². The van der Waals surface area contributed by atoms with Crippen molar-refractivity contribution in [2.45, 2.75) is 20.0 Å². The topological polar surface area (TPSA) is 0 Å². The largest absolute Gasteiger partial charge is 0.234 e. The molecule has 0 saturated carbocycles. The molecule has 0 nitrogen and oxygen atoms in total. The molecule has 4 heteroatoms. The van der Waals surface area contributed by atoms with Gasteiger partial charge in [0.2, 0.25) is 0 Å². The maximum atomic E-state index is 13.8. The molecule has 0 N–H and O–H groups in total. The monoisotopic (exact) mass is 267 g/mol. The Labute approximate surface area is 108 Å². The first kappa shape index (κ1) is 13.6. The van der Waals surface area contributed by atoms with Gasteiger partial charge in [0, 0.05) is 22.8 Å². The summed E-state index contributed by atoms with van der Waals surface area (Å²) < 4.78 is 54.6. The Morgan fingerprint density at radius 1 is 1.11 bits per heavy atom. The van der Waals surface area contributed by atoms with Crippen LogP contribution < -0.4 is 0 Å². The van der Waals surface area contributed by atoms with Crippen molar-refractivity contribution in [2.24, 2.45) is 0 Å². The summed E-state index contributed by atoms with van der Waals surface area (Å²) in [6.45, 7) is 3.12. The van der Waals surface area contributed by atoms with Crippen molar-refractivity contribution in [3.8, 4) is 0 Å². The van der Waals surface area contributed by atoms with E-state index < -0.39 is 23.6 Å². The highest BCUT2D eigenvalue weighted by Crippen LogP contribution is 2.38. The fourth-order valence-corrected chi connectivity index (χ4v) is 1.84. The van der Waals surface area contributed by atoms with Crippen molar-refractivity contribution in [1.29, 1.82) is 0 Å². The maximum absolute atomic E-state index is 13.8. The van der Waals surface area contributed by atoms with Crippen molar-refractivity contribution < 1.29 is 17.6 Å². The Bertz CT molecular complexity index is 604. The number of benzene rings is 1. The number of hydrogen-bond acceptors (Lipinski definition) is 0. The van der Waals surface area contributed by atoms with Crippen LogP contribution in [-0.2, 0) is 0 Å². The zero-order valence-electron chi connectivity index (χ0n) is 10.4. The highest BCUT2D eigenvalue weighted by Gasteiger charge is 2.31. The molecule has 0 fully saturated rings. The van der Waals surface area contributed by atoms with E-state index in [9.17, 15) is 17.6 Å². The van der Waals surface area contributed by atoms with Crippen LogP contribution in [0.15, 0.2) is 47.1 Å². The van der Waals surface area contributed by atoms with E-state index in [1.165, 1.54) is 18.2 Å². The summed E-state index contributed by atoms with van der Waals surface area (Å²) in [6, 6.07) is 5.34. The molecule has 1 aliphatic rings. The predicted octanol–water partition coefficient (Wildman–Crippen LogP) is 4.85. The molecule has 1 aliphatic carbocycles. The van der Waals surface area contributed by atoms with Gasteiger partial charge in [0.1, 0.15) is 5.82 Å². The molecule has 0 aromatic heterocycles. The Balaban J connectivity index is 2.66. The number of alkyl halides is 1. The first-order valence-electron chi connectivity index (χ1n) is 5.69. The fourth-order valence-electron chi connectivity index (χ4n) is 1.84. The Morgan fingerprint density at radius 3 is 2.32 bits per heavy atom. The summed E-state index contributed by atoms with van der Waals surface area (Å²) in [4.78, 5) is 0. The van der Waals surface area contributed by atoms with E-state index >= 15 is 0 Å². The molecule has 1 aromatic rings. The summed E-state index contributed by atoms with van der Waals surface area (Å²) in [6.07, 6.45) is 0.268. The van der Waals surface area contributed by atoms with Crippen LogP contribution in [0.1, 0.15) is 19.4 Å². The molecular formula is C15H11F4. The second-order valence-corrected chi connectivity index (χ2v) is 4.42. The van der Waals surface area contributed by atoms with Gasteiger partial charge in [0.15, 0.2) is 17.8 Å². The van der Waals surface area contributed by atoms with Gasteiger partial charge in [0.25, 0.3) is 0 Å². The molecule has 1 atom stereocenters. The van der Waals surface area contributed by atoms with Crippen molar-refractivity contribution in [3.05, 3.63) is 64.5 Å². The lowest BCUT2D eigenvalue weighted by Crippen LogP contribution is -2.13. The number of allylic oxidation sites excluding steroid dienone is 6. The van der Waals surface area contributed by atoms with Crippen molar-refractivity contribution in [2.75, 3.05) is 0 Å². The molecule has 0 aliphatic heterocycles. The first-order chi connectivity index (χ1) is 8.93. The summed E-state index contributed by atoms with van der Waals surface area (Å²) in [5.74, 6) is -3.64. The molecule has 0 heterocycles. The van der Waals surface area contributed by atoms with E-state index in [4.69, 9.17) is 0 Å². The minimum atomic E-state index is -2.18. The van der Waals surface area contributed by atoms with Gasteiger partial charge in [-0.3, -0.25) is 0 Å². The fraction of sp³-hybridized carbons (Fsp3) is 0.200. The van der Waals surface area contributed by atoms with Gasteiger partial charge in [-0.15, -0.1) is 0 Å². The van der Waals surface area contributed by atoms with Gasteiger partial charge in [-0.2, -0.15) is 0 Å². The van der Waals surface area contributed by atoms with Crippen LogP contribution in [0.3, 0.4) is 0 Å². The average molecular weight is 267 g/mol. The third-order valence-electron chi connectivity index (χ3n) is 2.85. The minimum Gasteiger partial charge on any atom is -0.234 e. The van der Waals surface area contributed by atoms with E-state index in [0.29, 0.717) is 5.57 Å².